The quantitative estimate of drug-likeness (QED) is 0.478. The highest BCUT2D eigenvalue weighted by atomic mass is 16.5. The number of amides is 1. The molecule has 5 heteroatoms. The molecule has 0 spiro atoms. The number of esters is 1. The molecule has 0 aliphatic carbocycles. The number of carbonyl (C=O) groups excluding carboxylic acids is 2. The van der Waals surface area contributed by atoms with Gasteiger partial charge in [0, 0.05) is 36.1 Å². The summed E-state index contributed by atoms with van der Waals surface area (Å²) in [5, 5.41) is 2.66. The molecular weight excluding hydrogens is 280 g/mol. The molecule has 0 saturated heterocycles. The molecule has 1 heterocycles. The van der Waals surface area contributed by atoms with E-state index in [0.717, 1.165) is 23.5 Å². The van der Waals surface area contributed by atoms with Crippen molar-refractivity contribution in [3.05, 3.63) is 41.2 Å². The fraction of sp³-hybridized carbons (Fsp3) is 0.412. The van der Waals surface area contributed by atoms with Gasteiger partial charge in [-0.3, -0.25) is 4.79 Å². The third-order valence-corrected chi connectivity index (χ3v) is 3.45. The lowest BCUT2D eigenvalue weighted by Crippen LogP contribution is -2.20. The molecule has 0 bridgehead atoms. The van der Waals surface area contributed by atoms with Crippen molar-refractivity contribution in [1.82, 2.24) is 9.88 Å². The number of hydrogen-bond acceptors (Lipinski definition) is 3. The van der Waals surface area contributed by atoms with Crippen LogP contribution < -0.4 is 5.32 Å². The summed E-state index contributed by atoms with van der Waals surface area (Å²) < 4.78 is 7.17. The van der Waals surface area contributed by atoms with Gasteiger partial charge in [0.25, 0.3) is 0 Å². The molecule has 0 aromatic carbocycles. The van der Waals surface area contributed by atoms with E-state index in [1.807, 2.05) is 25.3 Å². The van der Waals surface area contributed by atoms with Gasteiger partial charge >= 0.3 is 5.97 Å². The molecule has 1 aromatic rings. The molecule has 0 aliphatic heterocycles. The number of rotatable bonds is 7. The predicted molar refractivity (Wildman–Crippen MR) is 87.8 cm³/mol. The molecule has 120 valence electrons. The van der Waals surface area contributed by atoms with Gasteiger partial charge in [0.1, 0.15) is 0 Å². The van der Waals surface area contributed by atoms with Crippen molar-refractivity contribution in [2.24, 2.45) is 0 Å². The fourth-order valence-electron chi connectivity index (χ4n) is 2.44. The molecule has 1 rings (SSSR count). The minimum Gasteiger partial charge on any atom is -0.462 e. The second kappa shape index (κ2) is 8.22. The number of nitrogens with one attached hydrogen (secondary N) is 1. The summed E-state index contributed by atoms with van der Waals surface area (Å²) in [5.74, 6) is -0.586. The Kier molecular flexibility index (Phi) is 6.63. The number of hydrogen-bond donors (Lipinski definition) is 1. The largest absolute Gasteiger partial charge is 0.462 e. The lowest BCUT2D eigenvalue weighted by molar-refractivity contribution is -0.116. The summed E-state index contributed by atoms with van der Waals surface area (Å²) in [5.41, 5.74) is 3.04. The zero-order valence-electron chi connectivity index (χ0n) is 13.7. The van der Waals surface area contributed by atoms with E-state index in [-0.39, 0.29) is 11.9 Å². The van der Waals surface area contributed by atoms with Crippen LogP contribution in [0.25, 0.3) is 6.08 Å². The second-order valence-electron chi connectivity index (χ2n) is 4.79. The molecule has 0 aliphatic rings. The number of carbonyl (C=O) groups is 2. The molecule has 0 radical (unpaired) electrons. The number of aromatic nitrogens is 1. The van der Waals surface area contributed by atoms with Crippen LogP contribution in [0.2, 0.25) is 0 Å². The number of ether oxygens (including phenoxy) is 1. The number of nitrogens with zero attached hydrogens (tertiary/aromatic N) is 1. The fourth-order valence-corrected chi connectivity index (χ4v) is 2.44. The minimum atomic E-state index is -0.360. The van der Waals surface area contributed by atoms with E-state index in [9.17, 15) is 9.59 Å². The Balaban J connectivity index is 3.21. The van der Waals surface area contributed by atoms with Crippen molar-refractivity contribution in [3.8, 4) is 0 Å². The Bertz CT molecular complexity index is 598. The summed E-state index contributed by atoms with van der Waals surface area (Å²) in [7, 11) is 0. The van der Waals surface area contributed by atoms with E-state index in [4.69, 9.17) is 4.74 Å². The van der Waals surface area contributed by atoms with E-state index in [1.165, 1.54) is 6.08 Å². The molecule has 5 nitrogen and oxygen atoms in total. The average Bonchev–Trinajstić information content (AvgIpc) is 2.73. The monoisotopic (exact) mass is 304 g/mol. The molecule has 0 atom stereocenters. The molecule has 0 saturated carbocycles. The predicted octanol–water partition coefficient (Wildman–Crippen LogP) is 2.62. The van der Waals surface area contributed by atoms with Gasteiger partial charge in [0.15, 0.2) is 0 Å². The van der Waals surface area contributed by atoms with Gasteiger partial charge in [-0.25, -0.2) is 4.79 Å². The van der Waals surface area contributed by atoms with E-state index in [0.29, 0.717) is 18.7 Å². The molecule has 1 aromatic heterocycles. The van der Waals surface area contributed by atoms with Crippen LogP contribution in [0.1, 0.15) is 41.2 Å². The maximum Gasteiger partial charge on any atom is 0.340 e. The summed E-state index contributed by atoms with van der Waals surface area (Å²) in [4.78, 5) is 23.9. The highest BCUT2D eigenvalue weighted by molar-refractivity contribution is 5.98. The zero-order valence-corrected chi connectivity index (χ0v) is 13.7. The first-order valence-electron chi connectivity index (χ1n) is 7.41. The van der Waals surface area contributed by atoms with Crippen molar-refractivity contribution in [1.29, 1.82) is 0 Å². The maximum atomic E-state index is 12.2. The Morgan fingerprint density at radius 3 is 2.50 bits per heavy atom. The summed E-state index contributed by atoms with van der Waals surface area (Å²) >= 11 is 0. The Morgan fingerprint density at radius 1 is 1.27 bits per heavy atom. The topological polar surface area (TPSA) is 60.3 Å². The van der Waals surface area contributed by atoms with Crippen LogP contribution in [0.5, 0.6) is 0 Å². The Labute approximate surface area is 131 Å². The molecule has 22 heavy (non-hydrogen) atoms. The highest BCUT2D eigenvalue weighted by Gasteiger charge is 2.22. The summed E-state index contributed by atoms with van der Waals surface area (Å²) in [6.07, 6.45) is 4.70. The van der Waals surface area contributed by atoms with Gasteiger partial charge in [-0.05, 0) is 33.8 Å². The van der Waals surface area contributed by atoms with E-state index in [2.05, 4.69) is 11.9 Å². The first-order chi connectivity index (χ1) is 10.5. The average molecular weight is 304 g/mol. The molecule has 0 fully saturated rings. The Hall–Kier alpha value is -2.30. The van der Waals surface area contributed by atoms with Gasteiger partial charge in [-0.2, -0.15) is 0 Å². The molecular formula is C17H24N2O3. The smallest absolute Gasteiger partial charge is 0.340 e. The molecule has 1 N–H and O–H groups in total. The summed E-state index contributed by atoms with van der Waals surface area (Å²) in [6.45, 7) is 12.6. The highest BCUT2D eigenvalue weighted by Crippen LogP contribution is 2.24. The van der Waals surface area contributed by atoms with Crippen LogP contribution in [0.3, 0.4) is 0 Å². The van der Waals surface area contributed by atoms with E-state index in [1.54, 1.807) is 19.1 Å². The van der Waals surface area contributed by atoms with Crippen molar-refractivity contribution in [2.45, 2.75) is 34.2 Å². The van der Waals surface area contributed by atoms with Gasteiger partial charge in [-0.15, -0.1) is 6.58 Å². The van der Waals surface area contributed by atoms with Crippen molar-refractivity contribution < 1.29 is 14.3 Å². The van der Waals surface area contributed by atoms with Crippen molar-refractivity contribution >= 4 is 18.0 Å². The van der Waals surface area contributed by atoms with Crippen LogP contribution >= 0.6 is 0 Å². The zero-order chi connectivity index (χ0) is 16.7. The summed E-state index contributed by atoms with van der Waals surface area (Å²) in [6, 6.07) is 0. The minimum absolute atomic E-state index is 0.226. The maximum absolute atomic E-state index is 12.2. The van der Waals surface area contributed by atoms with Crippen LogP contribution in [0.4, 0.5) is 0 Å². The SMILES string of the molecule is C=CCNC(=O)/C=C/c1c(C(=O)OCC)c(C)n(CC)c1C. The first-order valence-corrected chi connectivity index (χ1v) is 7.41. The lowest BCUT2D eigenvalue weighted by atomic mass is 10.1. The van der Waals surface area contributed by atoms with Gasteiger partial charge in [0.2, 0.25) is 5.91 Å². The third-order valence-electron chi connectivity index (χ3n) is 3.45. The van der Waals surface area contributed by atoms with Crippen molar-refractivity contribution in [3.63, 3.8) is 0 Å². The molecule has 0 unspecified atom stereocenters. The second-order valence-corrected chi connectivity index (χ2v) is 4.79. The van der Waals surface area contributed by atoms with Crippen LogP contribution in [-0.4, -0.2) is 29.6 Å². The Morgan fingerprint density at radius 2 is 1.95 bits per heavy atom. The van der Waals surface area contributed by atoms with Gasteiger partial charge < -0.3 is 14.6 Å². The van der Waals surface area contributed by atoms with E-state index < -0.39 is 0 Å². The molecule has 1 amide bonds. The normalized spacial score (nSPS) is 10.7. The first kappa shape index (κ1) is 17.8. The van der Waals surface area contributed by atoms with Crippen LogP contribution in [0, 0.1) is 13.8 Å². The van der Waals surface area contributed by atoms with Crippen LogP contribution in [-0.2, 0) is 16.1 Å². The van der Waals surface area contributed by atoms with Gasteiger partial charge in [-0.1, -0.05) is 6.08 Å². The van der Waals surface area contributed by atoms with Crippen LogP contribution in [0.15, 0.2) is 18.7 Å². The third kappa shape index (κ3) is 3.87. The van der Waals surface area contributed by atoms with Gasteiger partial charge in [0.05, 0.1) is 12.2 Å². The lowest BCUT2D eigenvalue weighted by Gasteiger charge is -2.05. The van der Waals surface area contributed by atoms with E-state index >= 15 is 0 Å². The van der Waals surface area contributed by atoms with Crippen molar-refractivity contribution in [2.75, 3.05) is 13.2 Å². The standard InChI is InChI=1S/C17H24N2O3/c1-6-11-18-15(20)10-9-14-12(4)19(7-2)13(5)16(14)17(21)22-8-3/h6,9-10H,1,7-8,11H2,2-5H3,(H,18,20)/b10-9+.